The highest BCUT2D eigenvalue weighted by molar-refractivity contribution is 6.32. The zero-order valence-electron chi connectivity index (χ0n) is 18.5. The van der Waals surface area contributed by atoms with E-state index in [4.69, 9.17) is 25.8 Å². The number of carbonyl (C=O) groups is 1. The Balaban J connectivity index is 1.60. The first-order chi connectivity index (χ1) is 16.1. The highest BCUT2D eigenvalue weighted by atomic mass is 35.5. The first-order valence-corrected chi connectivity index (χ1v) is 11.2. The van der Waals surface area contributed by atoms with Gasteiger partial charge >= 0.3 is 5.97 Å². The van der Waals surface area contributed by atoms with Crippen LogP contribution in [0.5, 0.6) is 11.5 Å². The van der Waals surface area contributed by atoms with Crippen molar-refractivity contribution >= 4 is 29.5 Å². The van der Waals surface area contributed by atoms with Gasteiger partial charge in [-0.05, 0) is 60.4 Å². The quantitative estimate of drug-likeness (QED) is 0.282. The number of carbonyl (C=O) groups excluding carboxylic acids is 1. The molecule has 4 rings (SSSR count). The molecule has 0 aromatic heterocycles. The molecule has 0 fully saturated rings. The average molecular weight is 462 g/mol. The topological polar surface area (TPSA) is 57.1 Å². The summed E-state index contributed by atoms with van der Waals surface area (Å²) in [6.07, 6.45) is 2.48. The lowest BCUT2D eigenvalue weighted by Crippen LogP contribution is -2.05. The van der Waals surface area contributed by atoms with Crippen LogP contribution in [-0.4, -0.2) is 25.1 Å². The Labute approximate surface area is 198 Å². The van der Waals surface area contributed by atoms with E-state index in [2.05, 4.69) is 4.99 Å². The molecule has 6 heteroatoms. The number of esters is 1. The smallest absolute Gasteiger partial charge is 0.363 e. The average Bonchev–Trinajstić information content (AvgIpc) is 3.19. The number of aliphatic imine (C=N–C) groups is 1. The van der Waals surface area contributed by atoms with Crippen molar-refractivity contribution in [1.29, 1.82) is 0 Å². The molecule has 0 saturated heterocycles. The van der Waals surface area contributed by atoms with Crippen LogP contribution in [0, 0.1) is 0 Å². The number of benzene rings is 3. The second-order valence-electron chi connectivity index (χ2n) is 7.39. The fraction of sp³-hybridized carbons (Fsp3) is 0.185. The zero-order valence-corrected chi connectivity index (χ0v) is 19.3. The Morgan fingerprint density at radius 3 is 2.33 bits per heavy atom. The van der Waals surface area contributed by atoms with Gasteiger partial charge in [0.1, 0.15) is 0 Å². The number of hydrogen-bond donors (Lipinski definition) is 0. The molecule has 1 aliphatic heterocycles. The number of halogens is 1. The van der Waals surface area contributed by atoms with E-state index in [9.17, 15) is 4.79 Å². The van der Waals surface area contributed by atoms with Crippen LogP contribution in [0.25, 0.3) is 17.2 Å². The molecule has 0 spiro atoms. The number of rotatable bonds is 8. The van der Waals surface area contributed by atoms with Crippen molar-refractivity contribution in [2.75, 3.05) is 13.2 Å². The third kappa shape index (κ3) is 5.26. The van der Waals surface area contributed by atoms with Crippen LogP contribution in [0.1, 0.15) is 31.4 Å². The highest BCUT2D eigenvalue weighted by Crippen LogP contribution is 2.37. The first-order valence-electron chi connectivity index (χ1n) is 10.9. The maximum Gasteiger partial charge on any atom is 0.363 e. The maximum absolute atomic E-state index is 12.5. The second-order valence-corrected chi connectivity index (χ2v) is 7.80. The second kappa shape index (κ2) is 10.4. The molecule has 0 saturated carbocycles. The molecule has 33 heavy (non-hydrogen) atoms. The molecule has 3 aromatic rings. The summed E-state index contributed by atoms with van der Waals surface area (Å²) in [4.78, 5) is 16.9. The van der Waals surface area contributed by atoms with Gasteiger partial charge in [0.15, 0.2) is 17.2 Å². The molecule has 168 valence electrons. The molecule has 0 bridgehead atoms. The summed E-state index contributed by atoms with van der Waals surface area (Å²) in [5, 5.41) is 0.410. The highest BCUT2D eigenvalue weighted by Gasteiger charge is 2.24. The fourth-order valence-electron chi connectivity index (χ4n) is 3.40. The number of ether oxygens (including phenoxy) is 3. The van der Waals surface area contributed by atoms with Crippen molar-refractivity contribution in [3.63, 3.8) is 0 Å². The fourth-order valence-corrected chi connectivity index (χ4v) is 3.68. The van der Waals surface area contributed by atoms with E-state index in [1.165, 1.54) is 0 Å². The summed E-state index contributed by atoms with van der Waals surface area (Å²) in [5.41, 5.74) is 3.77. The molecule has 1 heterocycles. The van der Waals surface area contributed by atoms with Crippen LogP contribution in [0.3, 0.4) is 0 Å². The Bertz CT molecular complexity index is 1200. The molecule has 5 nitrogen and oxygen atoms in total. The minimum atomic E-state index is -0.516. The first kappa shape index (κ1) is 22.6. The van der Waals surface area contributed by atoms with E-state index < -0.39 is 5.97 Å². The molecular formula is C27H24ClNO4. The van der Waals surface area contributed by atoms with E-state index in [1.807, 2.05) is 68.4 Å². The standard InChI is InChI=1S/C27H24ClNO4/c1-3-14-32-25-22(28)15-18(17-24(25)31-4-2)16-23-27(30)33-26(29-23)21-12-10-20(11-13-21)19-8-6-5-7-9-19/h5-13,15-17H,3-4,14H2,1-2H3/b23-16-. The van der Waals surface area contributed by atoms with E-state index in [0.717, 1.165) is 23.1 Å². The SMILES string of the molecule is CCCOc1c(Cl)cc(/C=C2\N=C(c3ccc(-c4ccccc4)cc3)OC2=O)cc1OCC. The Kier molecular flexibility index (Phi) is 7.10. The predicted octanol–water partition coefficient (Wildman–Crippen LogP) is 6.54. The van der Waals surface area contributed by atoms with Crippen LogP contribution in [0.15, 0.2) is 77.4 Å². The summed E-state index contributed by atoms with van der Waals surface area (Å²) in [6.45, 7) is 4.89. The van der Waals surface area contributed by atoms with Crippen molar-refractivity contribution in [1.82, 2.24) is 0 Å². The molecule has 0 aliphatic carbocycles. The molecule has 0 N–H and O–H groups in total. The maximum atomic E-state index is 12.5. The minimum Gasteiger partial charge on any atom is -0.490 e. The van der Waals surface area contributed by atoms with E-state index in [1.54, 1.807) is 18.2 Å². The van der Waals surface area contributed by atoms with Crippen molar-refractivity contribution in [3.8, 4) is 22.6 Å². The molecule has 0 unspecified atom stereocenters. The number of cyclic esters (lactones) is 1. The van der Waals surface area contributed by atoms with Crippen molar-refractivity contribution in [3.05, 3.63) is 88.6 Å². The van der Waals surface area contributed by atoms with Gasteiger partial charge in [-0.15, -0.1) is 0 Å². The summed E-state index contributed by atoms with van der Waals surface area (Å²) < 4.78 is 16.8. The molecule has 3 aromatic carbocycles. The molecular weight excluding hydrogens is 438 g/mol. The summed E-state index contributed by atoms with van der Waals surface area (Å²) in [6, 6.07) is 21.3. The summed E-state index contributed by atoms with van der Waals surface area (Å²) in [7, 11) is 0. The predicted molar refractivity (Wildman–Crippen MR) is 131 cm³/mol. The monoisotopic (exact) mass is 461 g/mol. The Morgan fingerprint density at radius 2 is 1.64 bits per heavy atom. The van der Waals surface area contributed by atoms with Gasteiger partial charge < -0.3 is 14.2 Å². The van der Waals surface area contributed by atoms with Gasteiger partial charge in [-0.2, -0.15) is 0 Å². The van der Waals surface area contributed by atoms with E-state index in [-0.39, 0.29) is 11.6 Å². The number of nitrogens with zero attached hydrogens (tertiary/aromatic N) is 1. The normalized spacial score (nSPS) is 14.2. The largest absolute Gasteiger partial charge is 0.490 e. The van der Waals surface area contributed by atoms with E-state index in [0.29, 0.717) is 35.3 Å². The van der Waals surface area contributed by atoms with E-state index >= 15 is 0 Å². The van der Waals surface area contributed by atoms with Crippen molar-refractivity contribution < 1.29 is 19.0 Å². The lowest BCUT2D eigenvalue weighted by molar-refractivity contribution is -0.129. The van der Waals surface area contributed by atoms with Crippen molar-refractivity contribution in [2.24, 2.45) is 4.99 Å². The lowest BCUT2D eigenvalue weighted by atomic mass is 10.0. The molecule has 0 atom stereocenters. The van der Waals surface area contributed by atoms with Crippen LogP contribution >= 0.6 is 11.6 Å². The third-order valence-electron chi connectivity index (χ3n) is 4.95. The van der Waals surface area contributed by atoms with Gasteiger partial charge in [0.05, 0.1) is 18.2 Å². The minimum absolute atomic E-state index is 0.192. The van der Waals surface area contributed by atoms with Crippen LogP contribution in [0.2, 0.25) is 5.02 Å². The van der Waals surface area contributed by atoms with Gasteiger partial charge in [0.25, 0.3) is 0 Å². The molecule has 0 amide bonds. The Morgan fingerprint density at radius 1 is 0.939 bits per heavy atom. The van der Waals surface area contributed by atoms with Gasteiger partial charge in [-0.3, -0.25) is 0 Å². The molecule has 1 aliphatic rings. The van der Waals surface area contributed by atoms with Crippen LogP contribution < -0.4 is 9.47 Å². The summed E-state index contributed by atoms with van der Waals surface area (Å²) >= 11 is 6.43. The van der Waals surface area contributed by atoms with Gasteiger partial charge in [-0.1, -0.05) is 61.0 Å². The zero-order chi connectivity index (χ0) is 23.2. The lowest BCUT2D eigenvalue weighted by Gasteiger charge is -2.14. The molecule has 0 radical (unpaired) electrons. The Hall–Kier alpha value is -3.57. The van der Waals surface area contributed by atoms with Gasteiger partial charge in [0.2, 0.25) is 5.90 Å². The van der Waals surface area contributed by atoms with Crippen molar-refractivity contribution in [2.45, 2.75) is 20.3 Å². The third-order valence-corrected chi connectivity index (χ3v) is 5.23. The van der Waals surface area contributed by atoms with Gasteiger partial charge in [-0.25, -0.2) is 9.79 Å². The van der Waals surface area contributed by atoms with Gasteiger partial charge in [0, 0.05) is 5.56 Å². The van der Waals surface area contributed by atoms with Crippen LogP contribution in [0.4, 0.5) is 0 Å². The number of hydrogen-bond acceptors (Lipinski definition) is 5. The van der Waals surface area contributed by atoms with Crippen LogP contribution in [-0.2, 0) is 9.53 Å². The summed E-state index contributed by atoms with van der Waals surface area (Å²) in [5.74, 6) is 0.777.